The summed E-state index contributed by atoms with van der Waals surface area (Å²) >= 11 is 9.16. The molecule has 6 nitrogen and oxygen atoms in total. The maximum atomic E-state index is 13.1. The van der Waals surface area contributed by atoms with Crippen LogP contribution in [-0.4, -0.2) is 30.5 Å². The van der Waals surface area contributed by atoms with Crippen LogP contribution in [0, 0.1) is 5.92 Å². The number of para-hydroxylation sites is 1. The van der Waals surface area contributed by atoms with E-state index in [1.165, 1.54) is 0 Å². The zero-order valence-electron chi connectivity index (χ0n) is 16.3. The molecule has 2 aliphatic heterocycles. The van der Waals surface area contributed by atoms with Gasteiger partial charge < -0.3 is 19.5 Å². The van der Waals surface area contributed by atoms with Gasteiger partial charge in [-0.1, -0.05) is 28.1 Å². The third kappa shape index (κ3) is 3.14. The zero-order valence-corrected chi connectivity index (χ0v) is 18.7. The first-order valence-electron chi connectivity index (χ1n) is 9.29. The molecular formula is C21H21BrN2O4S. The summed E-state index contributed by atoms with van der Waals surface area (Å²) in [4.78, 5) is 14.9. The van der Waals surface area contributed by atoms with E-state index in [1.807, 2.05) is 54.3 Å². The molecule has 0 saturated carbocycles. The number of carbonyl (C=O) groups excluding carboxylic acids is 1. The number of carbonyl (C=O) groups is 1. The highest BCUT2D eigenvalue weighted by Gasteiger charge is 2.60. The van der Waals surface area contributed by atoms with Gasteiger partial charge in [-0.3, -0.25) is 9.69 Å². The van der Waals surface area contributed by atoms with Crippen molar-refractivity contribution in [2.24, 2.45) is 5.92 Å². The van der Waals surface area contributed by atoms with Crippen molar-refractivity contribution < 1.29 is 19.0 Å². The average Bonchev–Trinajstić information content (AvgIpc) is 2.68. The van der Waals surface area contributed by atoms with Crippen molar-refractivity contribution in [1.29, 1.82) is 0 Å². The van der Waals surface area contributed by atoms with Gasteiger partial charge in [-0.2, -0.15) is 0 Å². The standard InChI is InChI=1S/C21H21BrN2O4S/c1-4-27-19(25)16-17-14-6-5-7-15(26-3)18(14)28-21(16,2)24(20(29)23-17)13-10-8-12(22)9-11-13/h5-11,16-17H,4H2,1-3H3,(H,23,29). The number of methoxy groups -OCH3 is 1. The molecule has 0 amide bonds. The lowest BCUT2D eigenvalue weighted by Crippen LogP contribution is -2.71. The van der Waals surface area contributed by atoms with Crippen LogP contribution in [-0.2, 0) is 9.53 Å². The summed E-state index contributed by atoms with van der Waals surface area (Å²) in [6, 6.07) is 12.9. The van der Waals surface area contributed by atoms with E-state index in [9.17, 15) is 4.79 Å². The van der Waals surface area contributed by atoms with Crippen LogP contribution in [0.15, 0.2) is 46.9 Å². The number of anilines is 1. The van der Waals surface area contributed by atoms with Gasteiger partial charge >= 0.3 is 5.97 Å². The van der Waals surface area contributed by atoms with Gasteiger partial charge in [-0.05, 0) is 56.4 Å². The SMILES string of the molecule is CCOC(=O)C1C2NC(=S)N(c3ccc(Br)cc3)C1(C)Oc1c(OC)cccc12. The molecule has 2 heterocycles. The first kappa shape index (κ1) is 20.0. The highest BCUT2D eigenvalue weighted by Crippen LogP contribution is 2.52. The molecule has 4 rings (SSSR count). The lowest BCUT2D eigenvalue weighted by molar-refractivity contribution is -0.159. The van der Waals surface area contributed by atoms with Crippen molar-refractivity contribution in [3.8, 4) is 11.5 Å². The number of hydrogen-bond donors (Lipinski definition) is 1. The van der Waals surface area contributed by atoms with Crippen molar-refractivity contribution in [3.05, 3.63) is 52.5 Å². The van der Waals surface area contributed by atoms with Gasteiger partial charge in [0.05, 0.1) is 19.8 Å². The maximum absolute atomic E-state index is 13.1. The van der Waals surface area contributed by atoms with Crippen LogP contribution in [0.1, 0.15) is 25.5 Å². The Kier molecular flexibility index (Phi) is 5.16. The molecule has 0 radical (unpaired) electrons. The summed E-state index contributed by atoms with van der Waals surface area (Å²) in [5.74, 6) is 0.217. The number of thiocarbonyl (C=S) groups is 1. The Labute approximate surface area is 183 Å². The lowest BCUT2D eigenvalue weighted by Gasteiger charge is -2.55. The summed E-state index contributed by atoms with van der Waals surface area (Å²) < 4.78 is 18.4. The molecule has 3 atom stereocenters. The molecule has 1 fully saturated rings. The van der Waals surface area contributed by atoms with Crippen molar-refractivity contribution in [3.63, 3.8) is 0 Å². The Morgan fingerprint density at radius 1 is 1.31 bits per heavy atom. The Bertz CT molecular complexity index is 968. The van der Waals surface area contributed by atoms with E-state index in [1.54, 1.807) is 14.0 Å². The maximum Gasteiger partial charge on any atom is 0.317 e. The molecule has 152 valence electrons. The minimum atomic E-state index is -1.10. The number of nitrogens with zero attached hydrogens (tertiary/aromatic N) is 1. The molecule has 0 aliphatic carbocycles. The Balaban J connectivity index is 1.91. The fourth-order valence-corrected chi connectivity index (χ4v) is 4.78. The van der Waals surface area contributed by atoms with Crippen LogP contribution in [0.5, 0.6) is 11.5 Å². The van der Waals surface area contributed by atoms with E-state index in [4.69, 9.17) is 26.4 Å². The van der Waals surface area contributed by atoms with Crippen LogP contribution < -0.4 is 19.7 Å². The molecule has 29 heavy (non-hydrogen) atoms. The minimum absolute atomic E-state index is 0.284. The number of ether oxygens (including phenoxy) is 3. The van der Waals surface area contributed by atoms with Gasteiger partial charge in [0.1, 0.15) is 5.92 Å². The van der Waals surface area contributed by atoms with Crippen LogP contribution in [0.2, 0.25) is 0 Å². The van der Waals surface area contributed by atoms with Gasteiger partial charge in [0.15, 0.2) is 16.6 Å². The van der Waals surface area contributed by atoms with Crippen molar-refractivity contribution >= 4 is 44.9 Å². The van der Waals surface area contributed by atoms with E-state index in [-0.39, 0.29) is 12.6 Å². The zero-order chi connectivity index (χ0) is 20.8. The smallest absolute Gasteiger partial charge is 0.317 e. The number of esters is 1. The van der Waals surface area contributed by atoms with Gasteiger partial charge in [0.2, 0.25) is 5.72 Å². The van der Waals surface area contributed by atoms with Crippen LogP contribution in [0.25, 0.3) is 0 Å². The highest BCUT2D eigenvalue weighted by atomic mass is 79.9. The Hall–Kier alpha value is -2.32. The van der Waals surface area contributed by atoms with Crippen molar-refractivity contribution in [1.82, 2.24) is 5.32 Å². The second-order valence-corrected chi connectivity index (χ2v) is 8.31. The average molecular weight is 477 g/mol. The van der Waals surface area contributed by atoms with E-state index < -0.39 is 17.7 Å². The molecule has 2 aliphatic rings. The lowest BCUT2D eigenvalue weighted by atomic mass is 9.79. The van der Waals surface area contributed by atoms with E-state index in [2.05, 4.69) is 21.2 Å². The van der Waals surface area contributed by atoms with Gasteiger partial charge in [-0.15, -0.1) is 0 Å². The number of hydrogen-bond acceptors (Lipinski definition) is 5. The predicted octanol–water partition coefficient (Wildman–Crippen LogP) is 4.18. The number of nitrogens with one attached hydrogen (secondary N) is 1. The van der Waals surface area contributed by atoms with Gasteiger partial charge in [0.25, 0.3) is 0 Å². The molecule has 1 N–H and O–H groups in total. The van der Waals surface area contributed by atoms with Gasteiger partial charge in [0, 0.05) is 15.7 Å². The predicted molar refractivity (Wildman–Crippen MR) is 117 cm³/mol. The number of rotatable bonds is 4. The first-order valence-corrected chi connectivity index (χ1v) is 10.5. The van der Waals surface area contributed by atoms with Crippen molar-refractivity contribution in [2.45, 2.75) is 25.6 Å². The summed E-state index contributed by atoms with van der Waals surface area (Å²) in [6.45, 7) is 3.94. The molecule has 0 aromatic heterocycles. The number of benzene rings is 2. The molecule has 8 heteroatoms. The van der Waals surface area contributed by atoms with E-state index in [0.29, 0.717) is 16.6 Å². The summed E-state index contributed by atoms with van der Waals surface area (Å²) in [5.41, 5.74) is 0.520. The van der Waals surface area contributed by atoms with Gasteiger partial charge in [-0.25, -0.2) is 0 Å². The topological polar surface area (TPSA) is 60.0 Å². The third-order valence-corrected chi connectivity index (χ3v) is 6.16. The molecule has 0 spiro atoms. The fraction of sp³-hybridized carbons (Fsp3) is 0.333. The van der Waals surface area contributed by atoms with E-state index >= 15 is 0 Å². The summed E-state index contributed by atoms with van der Waals surface area (Å²) in [7, 11) is 1.60. The highest BCUT2D eigenvalue weighted by molar-refractivity contribution is 9.10. The number of halogens is 1. The van der Waals surface area contributed by atoms with Crippen LogP contribution >= 0.6 is 28.1 Å². The number of fused-ring (bicyclic) bond motifs is 4. The Morgan fingerprint density at radius 3 is 2.69 bits per heavy atom. The molecule has 2 bridgehead atoms. The minimum Gasteiger partial charge on any atom is -0.493 e. The fourth-order valence-electron chi connectivity index (χ4n) is 4.10. The Morgan fingerprint density at radius 2 is 2.03 bits per heavy atom. The third-order valence-electron chi connectivity index (χ3n) is 5.33. The molecule has 3 unspecified atom stereocenters. The largest absolute Gasteiger partial charge is 0.493 e. The van der Waals surface area contributed by atoms with Crippen LogP contribution in [0.4, 0.5) is 5.69 Å². The van der Waals surface area contributed by atoms with Crippen LogP contribution in [0.3, 0.4) is 0 Å². The second-order valence-electron chi connectivity index (χ2n) is 7.00. The van der Waals surface area contributed by atoms with E-state index in [0.717, 1.165) is 15.7 Å². The van der Waals surface area contributed by atoms with Crippen molar-refractivity contribution in [2.75, 3.05) is 18.6 Å². The quantitative estimate of drug-likeness (QED) is 0.524. The first-order chi connectivity index (χ1) is 13.9. The normalized spacial score (nSPS) is 24.8. The second kappa shape index (κ2) is 7.50. The molecular weight excluding hydrogens is 456 g/mol. The summed E-state index contributed by atoms with van der Waals surface area (Å²) in [5, 5.41) is 3.82. The summed E-state index contributed by atoms with van der Waals surface area (Å²) in [6.07, 6.45) is 0. The molecule has 2 aromatic rings. The molecule has 2 aromatic carbocycles. The monoisotopic (exact) mass is 476 g/mol. The molecule has 1 saturated heterocycles.